The fraction of sp³-hybridized carbons (Fsp3) is 0.714. The zero-order valence-electron chi connectivity index (χ0n) is 13.3. The van der Waals surface area contributed by atoms with Crippen LogP contribution in [-0.4, -0.2) is 52.1 Å². The molecule has 2 heterocycles. The van der Waals surface area contributed by atoms with E-state index >= 15 is 0 Å². The lowest BCUT2D eigenvalue weighted by Crippen LogP contribution is -2.58. The number of piperazine rings is 1. The summed E-state index contributed by atoms with van der Waals surface area (Å²) in [4.78, 5) is 26.2. The van der Waals surface area contributed by atoms with E-state index in [9.17, 15) is 9.59 Å². The number of amides is 2. The lowest BCUT2D eigenvalue weighted by atomic mass is 10.1. The van der Waals surface area contributed by atoms with Crippen LogP contribution in [-0.2, 0) is 22.6 Å². The first-order valence-corrected chi connectivity index (χ1v) is 8.44. The highest BCUT2D eigenvalue weighted by atomic mass is 32.1. The molecule has 22 heavy (non-hydrogen) atoms. The highest BCUT2D eigenvalue weighted by Gasteiger charge is 2.32. The molecule has 0 unspecified atom stereocenters. The van der Waals surface area contributed by atoms with E-state index in [1.807, 2.05) is 20.8 Å². The van der Waals surface area contributed by atoms with Crippen LogP contribution in [0.3, 0.4) is 0 Å². The first-order chi connectivity index (χ1) is 10.5. The molecular formula is C14H23N5O2S. The summed E-state index contributed by atoms with van der Waals surface area (Å²) in [6, 6.07) is -0.159. The average Bonchev–Trinajstić information content (AvgIpc) is 2.95. The van der Waals surface area contributed by atoms with Gasteiger partial charge >= 0.3 is 0 Å². The lowest BCUT2D eigenvalue weighted by molar-refractivity contribution is -0.134. The Morgan fingerprint density at radius 2 is 2.18 bits per heavy atom. The maximum Gasteiger partial charge on any atom is 0.237 e. The average molecular weight is 325 g/mol. The molecule has 1 aromatic heterocycles. The molecule has 1 fully saturated rings. The van der Waals surface area contributed by atoms with Crippen LogP contribution in [0.15, 0.2) is 0 Å². The molecule has 2 N–H and O–H groups in total. The molecule has 1 aromatic rings. The van der Waals surface area contributed by atoms with Gasteiger partial charge in [0, 0.05) is 19.1 Å². The van der Waals surface area contributed by atoms with Crippen LogP contribution < -0.4 is 10.6 Å². The number of carbonyl (C=O) groups is 2. The molecule has 1 atom stereocenters. The van der Waals surface area contributed by atoms with Gasteiger partial charge in [-0.2, -0.15) is 0 Å². The number of rotatable bonds is 6. The minimum absolute atomic E-state index is 0.0701. The summed E-state index contributed by atoms with van der Waals surface area (Å²) in [5.74, 6) is -0.208. The zero-order chi connectivity index (χ0) is 16.1. The second-order valence-electron chi connectivity index (χ2n) is 5.56. The monoisotopic (exact) mass is 325 g/mol. The van der Waals surface area contributed by atoms with Crippen molar-refractivity contribution in [3.8, 4) is 0 Å². The summed E-state index contributed by atoms with van der Waals surface area (Å²) >= 11 is 1.50. The molecular weight excluding hydrogens is 302 g/mol. The van der Waals surface area contributed by atoms with Gasteiger partial charge in [0.1, 0.15) is 10.0 Å². The summed E-state index contributed by atoms with van der Waals surface area (Å²) in [7, 11) is 0. The van der Waals surface area contributed by atoms with E-state index in [1.54, 1.807) is 0 Å². The highest BCUT2D eigenvalue weighted by Crippen LogP contribution is 2.13. The van der Waals surface area contributed by atoms with E-state index in [0.29, 0.717) is 13.1 Å². The van der Waals surface area contributed by atoms with Gasteiger partial charge in [0.2, 0.25) is 11.8 Å². The highest BCUT2D eigenvalue weighted by molar-refractivity contribution is 7.11. The molecule has 1 aliphatic heterocycles. The van der Waals surface area contributed by atoms with E-state index in [0.717, 1.165) is 23.0 Å². The zero-order valence-corrected chi connectivity index (χ0v) is 14.1. The second-order valence-corrected chi connectivity index (χ2v) is 6.71. The predicted octanol–water partition coefficient (Wildman–Crippen LogP) is 0.316. The topological polar surface area (TPSA) is 87.2 Å². The van der Waals surface area contributed by atoms with Crippen molar-refractivity contribution >= 4 is 23.2 Å². The van der Waals surface area contributed by atoms with E-state index < -0.39 is 6.04 Å². The maximum absolute atomic E-state index is 12.1. The number of aryl methyl sites for hydroxylation is 1. The van der Waals surface area contributed by atoms with Gasteiger partial charge in [0.25, 0.3) is 0 Å². The molecule has 0 radical (unpaired) electrons. The second kappa shape index (κ2) is 7.64. The van der Waals surface area contributed by atoms with Crippen LogP contribution >= 0.6 is 11.3 Å². The molecule has 8 heteroatoms. The Bertz CT molecular complexity index is 531. The molecule has 0 aliphatic carbocycles. The van der Waals surface area contributed by atoms with Gasteiger partial charge in [0.15, 0.2) is 0 Å². The van der Waals surface area contributed by atoms with Crippen molar-refractivity contribution in [3.05, 3.63) is 10.0 Å². The van der Waals surface area contributed by atoms with Gasteiger partial charge in [-0.05, 0) is 20.3 Å². The fourth-order valence-corrected chi connectivity index (χ4v) is 3.21. The van der Waals surface area contributed by atoms with Gasteiger partial charge in [0.05, 0.1) is 19.0 Å². The van der Waals surface area contributed by atoms with Crippen molar-refractivity contribution < 1.29 is 9.59 Å². The summed E-state index contributed by atoms with van der Waals surface area (Å²) in [6.07, 6.45) is 1.01. The van der Waals surface area contributed by atoms with Crippen molar-refractivity contribution in [1.29, 1.82) is 0 Å². The molecule has 0 spiro atoms. The molecule has 2 amide bonds. The minimum Gasteiger partial charge on any atom is -0.353 e. The van der Waals surface area contributed by atoms with Gasteiger partial charge < -0.3 is 10.6 Å². The molecule has 122 valence electrons. The Balaban J connectivity index is 1.88. The predicted molar refractivity (Wildman–Crippen MR) is 84.4 cm³/mol. The fourth-order valence-electron chi connectivity index (χ4n) is 2.49. The maximum atomic E-state index is 12.1. The standard InChI is InChI=1S/C14H23N5O2S/c1-4-12-17-18-13(22-12)8-16-11(20)7-10-14(21)15-5-6-19(10)9(2)3/h9-10H,4-8H2,1-3H3,(H,15,21)(H,16,20)/t10-/m0/s1. The Hall–Kier alpha value is -1.54. The van der Waals surface area contributed by atoms with E-state index in [-0.39, 0.29) is 24.3 Å². The lowest BCUT2D eigenvalue weighted by Gasteiger charge is -2.37. The molecule has 2 rings (SSSR count). The molecule has 0 aromatic carbocycles. The largest absolute Gasteiger partial charge is 0.353 e. The molecule has 1 saturated heterocycles. The Morgan fingerprint density at radius 3 is 2.82 bits per heavy atom. The normalized spacial score (nSPS) is 19.3. The van der Waals surface area contributed by atoms with Gasteiger partial charge in [-0.3, -0.25) is 14.5 Å². The summed E-state index contributed by atoms with van der Waals surface area (Å²) in [5, 5.41) is 15.5. The summed E-state index contributed by atoms with van der Waals surface area (Å²) < 4.78 is 0. The number of nitrogens with zero attached hydrogens (tertiary/aromatic N) is 3. The minimum atomic E-state index is -0.394. The quantitative estimate of drug-likeness (QED) is 0.786. The Morgan fingerprint density at radius 1 is 1.45 bits per heavy atom. The molecule has 0 saturated carbocycles. The van der Waals surface area contributed by atoms with Gasteiger partial charge in [-0.25, -0.2) is 0 Å². The third kappa shape index (κ3) is 4.23. The Kier molecular flexibility index (Phi) is 5.84. The van der Waals surface area contributed by atoms with Gasteiger partial charge in [-0.15, -0.1) is 10.2 Å². The van der Waals surface area contributed by atoms with E-state index in [4.69, 9.17) is 0 Å². The molecule has 7 nitrogen and oxygen atoms in total. The van der Waals surface area contributed by atoms with Crippen molar-refractivity contribution in [3.63, 3.8) is 0 Å². The molecule has 1 aliphatic rings. The van der Waals surface area contributed by atoms with Crippen molar-refractivity contribution in [2.24, 2.45) is 0 Å². The van der Waals surface area contributed by atoms with Crippen LogP contribution in [0, 0.1) is 0 Å². The summed E-state index contributed by atoms with van der Waals surface area (Å²) in [5.41, 5.74) is 0. The van der Waals surface area contributed by atoms with Crippen LogP contribution in [0.5, 0.6) is 0 Å². The first-order valence-electron chi connectivity index (χ1n) is 7.62. The summed E-state index contributed by atoms with van der Waals surface area (Å²) in [6.45, 7) is 7.88. The van der Waals surface area contributed by atoms with Crippen molar-refractivity contribution in [2.45, 2.75) is 52.2 Å². The van der Waals surface area contributed by atoms with Crippen LogP contribution in [0.4, 0.5) is 0 Å². The number of nitrogens with one attached hydrogen (secondary N) is 2. The third-order valence-electron chi connectivity index (χ3n) is 3.66. The first kappa shape index (κ1) is 16.8. The van der Waals surface area contributed by atoms with E-state index in [1.165, 1.54) is 11.3 Å². The number of hydrogen-bond donors (Lipinski definition) is 2. The number of aromatic nitrogens is 2. The SMILES string of the molecule is CCc1nnc(CNC(=O)C[C@H]2C(=O)NCCN2C(C)C)s1. The van der Waals surface area contributed by atoms with Crippen LogP contribution in [0.2, 0.25) is 0 Å². The molecule has 0 bridgehead atoms. The Labute approximate surface area is 134 Å². The smallest absolute Gasteiger partial charge is 0.237 e. The van der Waals surface area contributed by atoms with Crippen LogP contribution in [0.1, 0.15) is 37.2 Å². The van der Waals surface area contributed by atoms with Gasteiger partial charge in [-0.1, -0.05) is 18.3 Å². The number of hydrogen-bond acceptors (Lipinski definition) is 6. The number of carbonyl (C=O) groups excluding carboxylic acids is 2. The van der Waals surface area contributed by atoms with Crippen molar-refractivity contribution in [1.82, 2.24) is 25.7 Å². The van der Waals surface area contributed by atoms with E-state index in [2.05, 4.69) is 25.7 Å². The third-order valence-corrected chi connectivity index (χ3v) is 4.73. The van der Waals surface area contributed by atoms with Crippen molar-refractivity contribution in [2.75, 3.05) is 13.1 Å². The van der Waals surface area contributed by atoms with Crippen LogP contribution in [0.25, 0.3) is 0 Å².